The maximum absolute atomic E-state index is 13.2. The minimum absolute atomic E-state index is 0.0190. The van der Waals surface area contributed by atoms with Gasteiger partial charge in [-0.05, 0) is 12.0 Å². The van der Waals surface area contributed by atoms with Crippen molar-refractivity contribution < 1.29 is 23.9 Å². The summed E-state index contributed by atoms with van der Waals surface area (Å²) in [6.07, 6.45) is 1.22. The van der Waals surface area contributed by atoms with Gasteiger partial charge in [0.1, 0.15) is 6.04 Å². The molecule has 2 fully saturated rings. The molecule has 2 amide bonds. The largest absolute Gasteiger partial charge is 0.469 e. The lowest BCUT2D eigenvalue weighted by Gasteiger charge is -2.40. The lowest BCUT2D eigenvalue weighted by Crippen LogP contribution is -2.58. The van der Waals surface area contributed by atoms with Crippen LogP contribution in [0.5, 0.6) is 0 Å². The molecular formula is C21H28N2O5S2. The number of methoxy groups -OCH3 is 1. The van der Waals surface area contributed by atoms with E-state index in [4.69, 9.17) is 4.74 Å². The van der Waals surface area contributed by atoms with Gasteiger partial charge in [-0.1, -0.05) is 30.3 Å². The van der Waals surface area contributed by atoms with E-state index < -0.39 is 12.0 Å². The Morgan fingerprint density at radius 1 is 1.20 bits per heavy atom. The smallest absolute Gasteiger partial charge is 0.306 e. The summed E-state index contributed by atoms with van der Waals surface area (Å²) in [5, 5.41) is 5.94. The number of ether oxygens (including phenoxy) is 2. The van der Waals surface area contributed by atoms with Crippen molar-refractivity contribution in [2.75, 3.05) is 31.8 Å². The van der Waals surface area contributed by atoms with Crippen molar-refractivity contribution in [3.63, 3.8) is 0 Å². The van der Waals surface area contributed by atoms with Crippen molar-refractivity contribution in [2.45, 2.75) is 41.8 Å². The second-order valence-corrected chi connectivity index (χ2v) is 10.4. The van der Waals surface area contributed by atoms with Crippen LogP contribution in [0.3, 0.4) is 0 Å². The average molecular weight is 453 g/mol. The summed E-state index contributed by atoms with van der Waals surface area (Å²) in [6.45, 7) is 1.17. The highest BCUT2D eigenvalue weighted by molar-refractivity contribution is 8.21. The van der Waals surface area contributed by atoms with Gasteiger partial charge in [0.25, 0.3) is 0 Å². The predicted molar refractivity (Wildman–Crippen MR) is 118 cm³/mol. The molecule has 1 aromatic rings. The molecule has 0 bridgehead atoms. The number of benzene rings is 1. The summed E-state index contributed by atoms with van der Waals surface area (Å²) < 4.78 is 10.2. The van der Waals surface area contributed by atoms with Gasteiger partial charge < -0.3 is 20.1 Å². The number of amides is 2. The molecule has 0 radical (unpaired) electrons. The first-order chi connectivity index (χ1) is 14.5. The molecule has 2 N–H and O–H groups in total. The van der Waals surface area contributed by atoms with Crippen molar-refractivity contribution in [1.82, 2.24) is 10.6 Å². The molecule has 0 saturated carbocycles. The molecule has 7 nitrogen and oxygen atoms in total. The first kappa shape index (κ1) is 23.0. The van der Waals surface area contributed by atoms with Crippen molar-refractivity contribution in [2.24, 2.45) is 0 Å². The molecule has 2 heterocycles. The fourth-order valence-corrected chi connectivity index (χ4v) is 6.90. The van der Waals surface area contributed by atoms with Gasteiger partial charge in [-0.2, -0.15) is 0 Å². The van der Waals surface area contributed by atoms with E-state index in [-0.39, 0.29) is 34.8 Å². The van der Waals surface area contributed by atoms with Gasteiger partial charge >= 0.3 is 5.97 Å². The van der Waals surface area contributed by atoms with Gasteiger partial charge in [-0.25, -0.2) is 0 Å². The highest BCUT2D eigenvalue weighted by atomic mass is 32.2. The van der Waals surface area contributed by atoms with Crippen LogP contribution < -0.4 is 10.6 Å². The molecule has 30 heavy (non-hydrogen) atoms. The van der Waals surface area contributed by atoms with Crippen molar-refractivity contribution in [1.29, 1.82) is 0 Å². The van der Waals surface area contributed by atoms with Crippen molar-refractivity contribution in [3.05, 3.63) is 35.9 Å². The van der Waals surface area contributed by atoms with Gasteiger partial charge in [0.2, 0.25) is 11.8 Å². The molecule has 0 aromatic heterocycles. The van der Waals surface area contributed by atoms with Crippen LogP contribution in [0.15, 0.2) is 30.3 Å². The zero-order valence-corrected chi connectivity index (χ0v) is 18.7. The molecule has 1 aromatic carbocycles. The highest BCUT2D eigenvalue weighted by Crippen LogP contribution is 2.50. The van der Waals surface area contributed by atoms with E-state index in [0.29, 0.717) is 19.6 Å². The molecule has 2 saturated heterocycles. The Kier molecular flexibility index (Phi) is 8.47. The molecule has 164 valence electrons. The average Bonchev–Trinajstić information content (AvgIpc) is 3.23. The normalized spacial score (nSPS) is 21.0. The molecule has 3 rings (SSSR count). The molecule has 2 aliphatic heterocycles. The Bertz CT molecular complexity index is 740. The molecule has 2 atom stereocenters. The third kappa shape index (κ3) is 6.15. The van der Waals surface area contributed by atoms with Crippen LogP contribution in [-0.4, -0.2) is 65.8 Å². The van der Waals surface area contributed by atoms with Gasteiger partial charge in [-0.3, -0.25) is 14.4 Å². The zero-order valence-electron chi connectivity index (χ0n) is 17.1. The van der Waals surface area contributed by atoms with E-state index in [1.807, 2.05) is 53.9 Å². The number of hydrogen-bond donors (Lipinski definition) is 2. The first-order valence-corrected chi connectivity index (χ1v) is 12.1. The Morgan fingerprint density at radius 3 is 2.63 bits per heavy atom. The second-order valence-electron chi connectivity index (χ2n) is 7.28. The van der Waals surface area contributed by atoms with E-state index in [2.05, 4.69) is 15.4 Å². The minimum atomic E-state index is -0.729. The zero-order chi connectivity index (χ0) is 21.4. The monoisotopic (exact) mass is 452 g/mol. The third-order valence-electron chi connectivity index (χ3n) is 5.22. The van der Waals surface area contributed by atoms with Crippen LogP contribution in [0.25, 0.3) is 0 Å². The minimum Gasteiger partial charge on any atom is -0.469 e. The topological polar surface area (TPSA) is 93.7 Å². The summed E-state index contributed by atoms with van der Waals surface area (Å²) >= 11 is 3.78. The van der Waals surface area contributed by atoms with Crippen molar-refractivity contribution >= 4 is 41.3 Å². The summed E-state index contributed by atoms with van der Waals surface area (Å²) in [6, 6.07) is 8.72. The van der Waals surface area contributed by atoms with Crippen LogP contribution in [0.1, 0.15) is 24.8 Å². The summed E-state index contributed by atoms with van der Waals surface area (Å²) in [7, 11) is 1.28. The summed E-state index contributed by atoms with van der Waals surface area (Å²) in [4.78, 5) is 36.9. The van der Waals surface area contributed by atoms with E-state index in [9.17, 15) is 14.4 Å². The van der Waals surface area contributed by atoms with Gasteiger partial charge in [0, 0.05) is 31.0 Å². The maximum Gasteiger partial charge on any atom is 0.306 e. The van der Waals surface area contributed by atoms with E-state index in [1.165, 1.54) is 7.11 Å². The highest BCUT2D eigenvalue weighted by Gasteiger charge is 2.46. The predicted octanol–water partition coefficient (Wildman–Crippen LogP) is 1.75. The molecule has 0 aliphatic carbocycles. The van der Waals surface area contributed by atoms with Gasteiger partial charge in [-0.15, -0.1) is 23.5 Å². The maximum atomic E-state index is 13.2. The Balaban J connectivity index is 1.67. The number of carbonyl (C=O) groups is 3. The first-order valence-electron chi connectivity index (χ1n) is 10.1. The molecule has 1 unspecified atom stereocenters. The number of rotatable bonds is 8. The number of carbonyl (C=O) groups excluding carboxylic acids is 3. The SMILES string of the molecule is COC(=O)CCC(=O)N[C@@H](Cc1ccccc1)C(=O)NC1COCCC12SCCS2. The molecule has 9 heteroatoms. The van der Waals surface area contributed by atoms with E-state index in [0.717, 1.165) is 23.5 Å². The molecule has 2 aliphatic rings. The summed E-state index contributed by atoms with van der Waals surface area (Å²) in [5.74, 6) is 1.10. The Morgan fingerprint density at radius 2 is 1.93 bits per heavy atom. The lowest BCUT2D eigenvalue weighted by molar-refractivity contribution is -0.142. The standard InChI is InChI=1S/C21H28N2O5S2/c1-27-19(25)8-7-18(24)22-16(13-15-5-3-2-4-6-15)20(26)23-17-14-28-10-9-21(17)29-11-12-30-21/h2-6,16-17H,7-14H2,1H3,(H,22,24)(H,23,26)/t16-,17?/m0/s1. The van der Waals surface area contributed by atoms with Crippen LogP contribution in [-0.2, 0) is 30.3 Å². The van der Waals surface area contributed by atoms with Crippen LogP contribution in [0, 0.1) is 0 Å². The fourth-order valence-electron chi connectivity index (χ4n) is 3.60. The second kappa shape index (κ2) is 11.1. The van der Waals surface area contributed by atoms with Crippen LogP contribution >= 0.6 is 23.5 Å². The molecule has 1 spiro atoms. The van der Waals surface area contributed by atoms with Crippen LogP contribution in [0.2, 0.25) is 0 Å². The van der Waals surface area contributed by atoms with Crippen molar-refractivity contribution in [3.8, 4) is 0 Å². The summed E-state index contributed by atoms with van der Waals surface area (Å²) in [5.41, 5.74) is 0.949. The molecular weight excluding hydrogens is 424 g/mol. The number of nitrogens with one attached hydrogen (secondary N) is 2. The van der Waals surface area contributed by atoms with Gasteiger partial charge in [0.05, 0.1) is 30.3 Å². The Labute approximate surface area is 185 Å². The van der Waals surface area contributed by atoms with Gasteiger partial charge in [0.15, 0.2) is 0 Å². The number of esters is 1. The van der Waals surface area contributed by atoms with E-state index in [1.54, 1.807) is 0 Å². The quantitative estimate of drug-likeness (QED) is 0.581. The van der Waals surface area contributed by atoms with Crippen LogP contribution in [0.4, 0.5) is 0 Å². The lowest BCUT2D eigenvalue weighted by atomic mass is 10.0. The Hall–Kier alpha value is -1.71. The number of hydrogen-bond acceptors (Lipinski definition) is 7. The fraction of sp³-hybridized carbons (Fsp3) is 0.571. The van der Waals surface area contributed by atoms with E-state index >= 15 is 0 Å². The number of thioether (sulfide) groups is 2. The third-order valence-corrected chi connectivity index (χ3v) is 8.96.